The highest BCUT2D eigenvalue weighted by Gasteiger charge is 2.28. The normalized spacial score (nSPS) is 17.0. The Morgan fingerprint density at radius 3 is 2.24 bits per heavy atom. The van der Waals surface area contributed by atoms with E-state index in [0.29, 0.717) is 30.6 Å². The van der Waals surface area contributed by atoms with Gasteiger partial charge in [-0.25, -0.2) is 9.69 Å². The second-order valence-electron chi connectivity index (χ2n) is 5.73. The summed E-state index contributed by atoms with van der Waals surface area (Å²) in [6.45, 7) is 3.68. The van der Waals surface area contributed by atoms with Gasteiger partial charge in [0.1, 0.15) is 0 Å². The van der Waals surface area contributed by atoms with Gasteiger partial charge in [0.05, 0.1) is 17.8 Å². The van der Waals surface area contributed by atoms with E-state index in [4.69, 9.17) is 4.84 Å². The van der Waals surface area contributed by atoms with Crippen LogP contribution in [0.25, 0.3) is 0 Å². The molecule has 0 N–H and O–H groups in total. The highest BCUT2D eigenvalue weighted by Crippen LogP contribution is 2.22. The Labute approximate surface area is 144 Å². The number of rotatable bonds is 5. The molecule has 1 saturated heterocycles. The summed E-state index contributed by atoms with van der Waals surface area (Å²) in [5.74, 6) is -1.54. The molecule has 0 aromatic heterocycles. The molecule has 1 aromatic carbocycles. The zero-order chi connectivity index (χ0) is 18.0. The molecule has 0 bridgehead atoms. The number of nitrogens with zero attached hydrogens (tertiary/aromatic N) is 2. The van der Waals surface area contributed by atoms with Crippen LogP contribution in [0.4, 0.5) is 5.69 Å². The van der Waals surface area contributed by atoms with Crippen LogP contribution in [0.5, 0.6) is 0 Å². The molecule has 128 valence electrons. The molecule has 3 rings (SSSR count). The Morgan fingerprint density at radius 2 is 1.68 bits per heavy atom. The van der Waals surface area contributed by atoms with Gasteiger partial charge < -0.3 is 4.84 Å². The molecule has 0 atom stereocenters. The van der Waals surface area contributed by atoms with E-state index in [1.165, 1.54) is 12.2 Å². The van der Waals surface area contributed by atoms with E-state index in [2.05, 4.69) is 6.58 Å². The average Bonchev–Trinajstić information content (AvgIpc) is 3.09. The fourth-order valence-corrected chi connectivity index (χ4v) is 2.61. The van der Waals surface area contributed by atoms with Crippen molar-refractivity contribution in [2.45, 2.75) is 25.7 Å². The third-order valence-electron chi connectivity index (χ3n) is 3.96. The molecule has 7 nitrogen and oxygen atoms in total. The second kappa shape index (κ2) is 6.72. The number of benzene rings is 1. The third-order valence-corrected chi connectivity index (χ3v) is 3.96. The van der Waals surface area contributed by atoms with E-state index in [1.807, 2.05) is 0 Å². The van der Waals surface area contributed by atoms with Crippen molar-refractivity contribution >= 4 is 29.4 Å². The summed E-state index contributed by atoms with van der Waals surface area (Å²) in [4.78, 5) is 52.7. The quantitative estimate of drug-likeness (QED) is 0.761. The summed E-state index contributed by atoms with van der Waals surface area (Å²) in [5, 5.41) is 0.961. The minimum absolute atomic E-state index is 0.0968. The van der Waals surface area contributed by atoms with Gasteiger partial charge in [0, 0.05) is 18.6 Å². The predicted molar refractivity (Wildman–Crippen MR) is 87.7 cm³/mol. The van der Waals surface area contributed by atoms with Crippen molar-refractivity contribution in [1.82, 2.24) is 5.06 Å². The van der Waals surface area contributed by atoms with Crippen LogP contribution in [0.1, 0.15) is 24.8 Å². The number of hydrogen-bond donors (Lipinski definition) is 0. The van der Waals surface area contributed by atoms with Gasteiger partial charge in [0.15, 0.2) is 0 Å². The molecule has 7 heteroatoms. The Morgan fingerprint density at radius 1 is 1.04 bits per heavy atom. The molecule has 2 heterocycles. The van der Waals surface area contributed by atoms with Crippen molar-refractivity contribution in [1.29, 1.82) is 0 Å². The van der Waals surface area contributed by atoms with Gasteiger partial charge in [-0.3, -0.25) is 14.4 Å². The van der Waals surface area contributed by atoms with Crippen LogP contribution in [0.3, 0.4) is 0 Å². The van der Waals surface area contributed by atoms with Crippen molar-refractivity contribution in [2.24, 2.45) is 0 Å². The Bertz CT molecular complexity index is 760. The first-order valence-corrected chi connectivity index (χ1v) is 7.82. The first-order valence-electron chi connectivity index (χ1n) is 7.82. The monoisotopic (exact) mass is 340 g/mol. The highest BCUT2D eigenvalue weighted by atomic mass is 16.7. The van der Waals surface area contributed by atoms with Crippen molar-refractivity contribution in [3.8, 4) is 0 Å². The lowest BCUT2D eigenvalue weighted by Crippen LogP contribution is -2.29. The number of anilines is 1. The maximum Gasteiger partial charge on any atom is 0.333 e. The third kappa shape index (κ3) is 3.50. The van der Waals surface area contributed by atoms with Crippen LogP contribution in [0.2, 0.25) is 0 Å². The lowest BCUT2D eigenvalue weighted by Gasteiger charge is -2.16. The number of carbonyl (C=O) groups is 4. The molecule has 0 spiro atoms. The van der Waals surface area contributed by atoms with E-state index in [9.17, 15) is 19.2 Å². The van der Waals surface area contributed by atoms with E-state index in [1.54, 1.807) is 24.3 Å². The Kier molecular flexibility index (Phi) is 4.47. The van der Waals surface area contributed by atoms with Gasteiger partial charge in [-0.2, -0.15) is 0 Å². The minimum atomic E-state index is -0.519. The summed E-state index contributed by atoms with van der Waals surface area (Å²) in [7, 11) is 0. The van der Waals surface area contributed by atoms with Crippen molar-refractivity contribution in [3.05, 3.63) is 54.3 Å². The maximum atomic E-state index is 11.9. The molecular formula is C18H16N2O5. The van der Waals surface area contributed by atoms with Crippen molar-refractivity contribution < 1.29 is 24.0 Å². The predicted octanol–water partition coefficient (Wildman–Crippen LogP) is 1.64. The van der Waals surface area contributed by atoms with E-state index in [-0.39, 0.29) is 24.1 Å². The number of amides is 3. The number of aryl methyl sites for hydroxylation is 1. The van der Waals surface area contributed by atoms with Gasteiger partial charge in [0.2, 0.25) is 0 Å². The number of imide groups is 1. The topological polar surface area (TPSA) is 84.0 Å². The fourth-order valence-electron chi connectivity index (χ4n) is 2.61. The number of hydrogen-bond acceptors (Lipinski definition) is 5. The van der Waals surface area contributed by atoms with Crippen LogP contribution >= 0.6 is 0 Å². The zero-order valence-electron chi connectivity index (χ0n) is 13.4. The van der Waals surface area contributed by atoms with Gasteiger partial charge in [-0.1, -0.05) is 18.7 Å². The molecule has 0 aliphatic carbocycles. The van der Waals surface area contributed by atoms with Crippen LogP contribution < -0.4 is 4.90 Å². The molecule has 0 radical (unpaired) electrons. The minimum Gasteiger partial charge on any atom is -0.334 e. The molecule has 25 heavy (non-hydrogen) atoms. The van der Waals surface area contributed by atoms with E-state index < -0.39 is 5.97 Å². The fraction of sp³-hybridized carbons (Fsp3) is 0.222. The first-order chi connectivity index (χ1) is 12.0. The molecule has 1 fully saturated rings. The van der Waals surface area contributed by atoms with Gasteiger partial charge >= 0.3 is 5.97 Å². The summed E-state index contributed by atoms with van der Waals surface area (Å²) in [5.41, 5.74) is 1.81. The molecule has 2 aliphatic rings. The van der Waals surface area contributed by atoms with E-state index in [0.717, 1.165) is 15.5 Å². The smallest absolute Gasteiger partial charge is 0.333 e. The average molecular weight is 340 g/mol. The molecular weight excluding hydrogens is 324 g/mol. The maximum absolute atomic E-state index is 11.9. The van der Waals surface area contributed by atoms with Gasteiger partial charge in [-0.15, -0.1) is 5.06 Å². The molecule has 0 saturated carbocycles. The summed E-state index contributed by atoms with van der Waals surface area (Å²) in [6, 6.07) is 6.77. The van der Waals surface area contributed by atoms with Crippen molar-refractivity contribution in [3.63, 3.8) is 0 Å². The lowest BCUT2D eigenvalue weighted by atomic mass is 10.1. The molecule has 2 aliphatic heterocycles. The summed E-state index contributed by atoms with van der Waals surface area (Å²) in [6.07, 6.45) is 3.75. The van der Waals surface area contributed by atoms with Crippen LogP contribution in [-0.2, 0) is 30.4 Å². The van der Waals surface area contributed by atoms with Gasteiger partial charge in [-0.05, 0) is 30.5 Å². The SMILES string of the molecule is C=C1CCC(=O)N1OC(=O)CCc1ccc(N2C(=O)C=CC2=O)cc1. The number of carbonyl (C=O) groups excluding carboxylic acids is 4. The van der Waals surface area contributed by atoms with Gasteiger partial charge in [0.25, 0.3) is 17.7 Å². The van der Waals surface area contributed by atoms with Crippen molar-refractivity contribution in [2.75, 3.05) is 4.90 Å². The molecule has 3 amide bonds. The Hall–Kier alpha value is -3.22. The molecule has 0 unspecified atom stereocenters. The lowest BCUT2D eigenvalue weighted by molar-refractivity contribution is -0.186. The molecule has 1 aromatic rings. The Balaban J connectivity index is 1.54. The largest absolute Gasteiger partial charge is 0.334 e. The summed E-state index contributed by atoms with van der Waals surface area (Å²) >= 11 is 0. The number of allylic oxidation sites excluding steroid dienone is 1. The summed E-state index contributed by atoms with van der Waals surface area (Å²) < 4.78 is 0. The number of hydroxylamine groups is 2. The highest BCUT2D eigenvalue weighted by molar-refractivity contribution is 6.28. The van der Waals surface area contributed by atoms with E-state index >= 15 is 0 Å². The second-order valence-corrected chi connectivity index (χ2v) is 5.73. The van der Waals surface area contributed by atoms with Crippen LogP contribution in [0, 0.1) is 0 Å². The zero-order valence-corrected chi connectivity index (χ0v) is 13.4. The van der Waals surface area contributed by atoms with Crippen LogP contribution in [0.15, 0.2) is 48.7 Å². The standard InChI is InChI=1S/C18H16N2O5/c1-12-2-8-17(23)20(12)25-18(24)11-5-13-3-6-14(7-4-13)19-15(21)9-10-16(19)22/h3-4,6-7,9-10H,1-2,5,8,11H2. The van der Waals surface area contributed by atoms with Crippen LogP contribution in [-0.4, -0.2) is 28.8 Å². The first kappa shape index (κ1) is 16.6.